The highest BCUT2D eigenvalue weighted by Gasteiger charge is 2.18. The number of benzene rings is 1. The fraction of sp³-hybridized carbons (Fsp3) is 0.182. The Balaban J connectivity index is 2.13. The van der Waals surface area contributed by atoms with Crippen LogP contribution in [0.4, 0.5) is 15.9 Å². The smallest absolute Gasteiger partial charge is 0.380 e. The van der Waals surface area contributed by atoms with E-state index < -0.39 is 4.92 Å². The fourth-order valence-electron chi connectivity index (χ4n) is 1.60. The molecule has 1 N–H and O–H groups in total. The van der Waals surface area contributed by atoms with Gasteiger partial charge in [-0.15, -0.1) is 0 Å². The van der Waals surface area contributed by atoms with Crippen molar-refractivity contribution in [2.24, 2.45) is 7.05 Å². The van der Waals surface area contributed by atoms with Gasteiger partial charge in [-0.1, -0.05) is 6.07 Å². The van der Waals surface area contributed by atoms with Gasteiger partial charge in [0.1, 0.15) is 5.82 Å². The number of nitro groups is 1. The molecule has 0 unspecified atom stereocenters. The van der Waals surface area contributed by atoms with Gasteiger partial charge in [-0.3, -0.25) is 0 Å². The molecule has 0 aliphatic rings. The monoisotopic (exact) mass is 250 g/mol. The quantitative estimate of drug-likeness (QED) is 0.666. The van der Waals surface area contributed by atoms with Crippen molar-refractivity contribution in [3.05, 3.63) is 52.0 Å². The lowest BCUT2D eigenvalue weighted by molar-refractivity contribution is -0.390. The van der Waals surface area contributed by atoms with E-state index in [0.717, 1.165) is 0 Å². The summed E-state index contributed by atoms with van der Waals surface area (Å²) in [4.78, 5) is 10.2. The molecular formula is C11H11FN4O2. The van der Waals surface area contributed by atoms with E-state index in [9.17, 15) is 14.5 Å². The molecule has 0 saturated heterocycles. The van der Waals surface area contributed by atoms with E-state index in [1.165, 1.54) is 16.8 Å². The summed E-state index contributed by atoms with van der Waals surface area (Å²) < 4.78 is 14.3. The van der Waals surface area contributed by atoms with Gasteiger partial charge in [-0.2, -0.15) is 4.68 Å². The summed E-state index contributed by atoms with van der Waals surface area (Å²) in [7, 11) is 1.61. The molecule has 0 spiro atoms. The molecule has 1 aromatic carbocycles. The van der Waals surface area contributed by atoms with Crippen molar-refractivity contribution in [2.45, 2.75) is 6.54 Å². The number of rotatable bonds is 4. The van der Waals surface area contributed by atoms with Crippen LogP contribution in [-0.2, 0) is 13.6 Å². The normalized spacial score (nSPS) is 10.3. The Morgan fingerprint density at radius 3 is 3.00 bits per heavy atom. The van der Waals surface area contributed by atoms with Crippen molar-refractivity contribution >= 4 is 11.5 Å². The number of aryl methyl sites for hydroxylation is 1. The number of anilines is 1. The summed E-state index contributed by atoms with van der Waals surface area (Å²) >= 11 is 0. The van der Waals surface area contributed by atoms with Crippen LogP contribution in [-0.4, -0.2) is 14.7 Å². The van der Waals surface area contributed by atoms with E-state index in [0.29, 0.717) is 11.3 Å². The van der Waals surface area contributed by atoms with Gasteiger partial charge < -0.3 is 15.4 Å². The number of halogens is 1. The molecule has 0 aliphatic carbocycles. The first-order chi connectivity index (χ1) is 8.56. The zero-order valence-corrected chi connectivity index (χ0v) is 9.63. The molecule has 94 valence electrons. The molecule has 1 heterocycles. The average Bonchev–Trinajstić information content (AvgIpc) is 2.68. The first kappa shape index (κ1) is 12.0. The number of hydrogen-bond acceptors (Lipinski definition) is 4. The lowest BCUT2D eigenvalue weighted by Gasteiger charge is -2.04. The van der Waals surface area contributed by atoms with E-state index in [1.54, 1.807) is 25.4 Å². The molecule has 6 nitrogen and oxygen atoms in total. The van der Waals surface area contributed by atoms with Crippen LogP contribution < -0.4 is 5.32 Å². The Hall–Kier alpha value is -2.44. The third kappa shape index (κ3) is 2.62. The lowest BCUT2D eigenvalue weighted by Crippen LogP contribution is -2.01. The maximum absolute atomic E-state index is 12.9. The van der Waals surface area contributed by atoms with Gasteiger partial charge in [0.25, 0.3) is 0 Å². The summed E-state index contributed by atoms with van der Waals surface area (Å²) in [6, 6.07) is 5.90. The van der Waals surface area contributed by atoms with Gasteiger partial charge >= 0.3 is 5.82 Å². The molecule has 18 heavy (non-hydrogen) atoms. The predicted octanol–water partition coefficient (Wildman–Crippen LogP) is 2.08. The fourth-order valence-corrected chi connectivity index (χ4v) is 1.60. The van der Waals surface area contributed by atoms with Crippen molar-refractivity contribution in [2.75, 3.05) is 5.32 Å². The summed E-state index contributed by atoms with van der Waals surface area (Å²) in [5.74, 6) is -0.554. The Labute approximate surface area is 102 Å². The van der Waals surface area contributed by atoms with Crippen LogP contribution in [0.5, 0.6) is 0 Å². The molecule has 7 heteroatoms. The second-order valence-corrected chi connectivity index (χ2v) is 3.77. The van der Waals surface area contributed by atoms with E-state index >= 15 is 0 Å². The van der Waals surface area contributed by atoms with Gasteiger partial charge in [-0.25, -0.2) is 4.39 Å². The molecule has 2 rings (SSSR count). The standard InChI is InChI=1S/C11H11FN4O2/c1-15-7-8(11(14-15)16(17)18)6-13-10-4-2-3-9(12)5-10/h2-5,7,13H,6H2,1H3. The van der Waals surface area contributed by atoms with Crippen LogP contribution in [0, 0.1) is 15.9 Å². The highest BCUT2D eigenvalue weighted by Crippen LogP contribution is 2.17. The van der Waals surface area contributed by atoms with Crippen LogP contribution in [0.1, 0.15) is 5.56 Å². The molecule has 0 amide bonds. The average molecular weight is 250 g/mol. The third-order valence-electron chi connectivity index (χ3n) is 2.36. The predicted molar refractivity (Wildman–Crippen MR) is 63.6 cm³/mol. The maximum Gasteiger partial charge on any atom is 0.394 e. The van der Waals surface area contributed by atoms with E-state index in [1.807, 2.05) is 0 Å². The molecule has 0 bridgehead atoms. The molecule has 0 atom stereocenters. The Kier molecular flexibility index (Phi) is 3.22. The largest absolute Gasteiger partial charge is 0.394 e. The molecule has 1 aromatic heterocycles. The second kappa shape index (κ2) is 4.82. The first-order valence-electron chi connectivity index (χ1n) is 5.22. The maximum atomic E-state index is 12.9. The molecule has 0 saturated carbocycles. The molecule has 0 radical (unpaired) electrons. The Morgan fingerprint density at radius 1 is 1.56 bits per heavy atom. The van der Waals surface area contributed by atoms with Crippen LogP contribution in [0.2, 0.25) is 0 Å². The van der Waals surface area contributed by atoms with Crippen LogP contribution in [0.15, 0.2) is 30.5 Å². The minimum absolute atomic E-state index is 0.193. The lowest BCUT2D eigenvalue weighted by atomic mass is 10.3. The third-order valence-corrected chi connectivity index (χ3v) is 2.36. The first-order valence-corrected chi connectivity index (χ1v) is 5.22. The van der Waals surface area contributed by atoms with Crippen LogP contribution in [0.3, 0.4) is 0 Å². The molecular weight excluding hydrogens is 239 g/mol. The van der Waals surface area contributed by atoms with E-state index in [4.69, 9.17) is 0 Å². The van der Waals surface area contributed by atoms with E-state index in [2.05, 4.69) is 10.4 Å². The van der Waals surface area contributed by atoms with Gasteiger partial charge in [0, 0.05) is 5.69 Å². The van der Waals surface area contributed by atoms with Gasteiger partial charge in [0.2, 0.25) is 0 Å². The Morgan fingerprint density at radius 2 is 2.33 bits per heavy atom. The number of aromatic nitrogens is 2. The summed E-state index contributed by atoms with van der Waals surface area (Å²) in [5.41, 5.74) is 1.01. The van der Waals surface area contributed by atoms with Crippen LogP contribution in [0.25, 0.3) is 0 Å². The number of nitrogens with zero attached hydrogens (tertiary/aromatic N) is 3. The summed E-state index contributed by atoms with van der Waals surface area (Å²) in [6.45, 7) is 0.216. The second-order valence-electron chi connectivity index (χ2n) is 3.77. The topological polar surface area (TPSA) is 73.0 Å². The zero-order valence-electron chi connectivity index (χ0n) is 9.63. The zero-order chi connectivity index (χ0) is 13.1. The van der Waals surface area contributed by atoms with Crippen molar-refractivity contribution < 1.29 is 9.31 Å². The SMILES string of the molecule is Cn1cc(CNc2cccc(F)c2)c([N+](=O)[O-])n1. The molecule has 0 fully saturated rings. The minimum atomic E-state index is -0.539. The summed E-state index contributed by atoms with van der Waals surface area (Å²) in [6.07, 6.45) is 1.56. The van der Waals surface area contributed by atoms with Gasteiger partial charge in [-0.05, 0) is 23.1 Å². The highest BCUT2D eigenvalue weighted by molar-refractivity contribution is 5.45. The van der Waals surface area contributed by atoms with E-state index in [-0.39, 0.29) is 18.2 Å². The number of nitrogens with one attached hydrogen (secondary N) is 1. The molecule has 0 aliphatic heterocycles. The van der Waals surface area contributed by atoms with Gasteiger partial charge in [0.15, 0.2) is 0 Å². The van der Waals surface area contributed by atoms with Crippen molar-refractivity contribution in [1.29, 1.82) is 0 Å². The number of hydrogen-bond donors (Lipinski definition) is 1. The van der Waals surface area contributed by atoms with Crippen molar-refractivity contribution in [3.8, 4) is 0 Å². The Bertz CT molecular complexity index is 582. The van der Waals surface area contributed by atoms with Gasteiger partial charge in [0.05, 0.1) is 30.5 Å². The van der Waals surface area contributed by atoms with Crippen LogP contribution >= 0.6 is 0 Å². The highest BCUT2D eigenvalue weighted by atomic mass is 19.1. The minimum Gasteiger partial charge on any atom is -0.380 e. The van der Waals surface area contributed by atoms with Crippen molar-refractivity contribution in [3.63, 3.8) is 0 Å². The summed E-state index contributed by atoms with van der Waals surface area (Å²) in [5, 5.41) is 17.4. The molecule has 2 aromatic rings. The van der Waals surface area contributed by atoms with Crippen molar-refractivity contribution in [1.82, 2.24) is 9.78 Å².